The van der Waals surface area contributed by atoms with Crippen LogP contribution >= 0.6 is 0 Å². The van der Waals surface area contributed by atoms with Gasteiger partial charge in [-0.05, 0) is 19.3 Å². The molecule has 1 rings (SSSR count). The van der Waals surface area contributed by atoms with Crippen LogP contribution in [0, 0.1) is 5.41 Å². The van der Waals surface area contributed by atoms with Crippen molar-refractivity contribution in [1.29, 1.82) is 0 Å². The summed E-state index contributed by atoms with van der Waals surface area (Å²) in [4.78, 5) is 11.0. The van der Waals surface area contributed by atoms with Gasteiger partial charge in [0.2, 0.25) is 0 Å². The largest absolute Gasteiger partial charge is 0.481 e. The van der Waals surface area contributed by atoms with Crippen LogP contribution in [-0.4, -0.2) is 17.1 Å². The third-order valence-electron chi connectivity index (χ3n) is 2.80. The predicted molar refractivity (Wildman–Crippen MR) is 46.7 cm³/mol. The Morgan fingerprint density at radius 2 is 2.50 bits per heavy atom. The number of rotatable bonds is 2. The summed E-state index contributed by atoms with van der Waals surface area (Å²) in [5.41, 5.74) is 5.04. The maximum atomic E-state index is 11.0. The van der Waals surface area contributed by atoms with Crippen molar-refractivity contribution in [2.75, 3.05) is 0 Å². The number of carbonyl (C=O) groups is 1. The average molecular weight is 169 g/mol. The Balaban J connectivity index is 2.91. The van der Waals surface area contributed by atoms with Gasteiger partial charge in [0.25, 0.3) is 0 Å². The van der Waals surface area contributed by atoms with Gasteiger partial charge in [0.05, 0.1) is 5.41 Å². The Labute approximate surface area is 72.3 Å². The normalized spacial score (nSPS) is 35.0. The summed E-state index contributed by atoms with van der Waals surface area (Å²) in [5, 5.41) is 9.05. The second-order valence-electron chi connectivity index (χ2n) is 3.31. The summed E-state index contributed by atoms with van der Waals surface area (Å²) in [6.07, 6.45) is 5.86. The Kier molecular flexibility index (Phi) is 2.52. The number of allylic oxidation sites excluding steroid dienone is 1. The molecule has 3 N–H and O–H groups in total. The molecule has 12 heavy (non-hydrogen) atoms. The topological polar surface area (TPSA) is 63.3 Å². The fraction of sp³-hybridized carbons (Fsp3) is 0.667. The smallest absolute Gasteiger partial charge is 0.311 e. The van der Waals surface area contributed by atoms with Gasteiger partial charge in [0.15, 0.2) is 0 Å². The van der Waals surface area contributed by atoms with E-state index in [1.165, 1.54) is 0 Å². The van der Waals surface area contributed by atoms with Gasteiger partial charge in [-0.15, -0.1) is 0 Å². The molecule has 0 saturated heterocycles. The van der Waals surface area contributed by atoms with Gasteiger partial charge >= 0.3 is 5.97 Å². The zero-order valence-electron chi connectivity index (χ0n) is 7.29. The SMILES string of the molecule is CC[C@@]1(C(=O)O)CCC=C[C@@H]1N. The number of hydrogen-bond acceptors (Lipinski definition) is 2. The molecule has 0 saturated carbocycles. The Morgan fingerprint density at radius 3 is 2.83 bits per heavy atom. The van der Waals surface area contributed by atoms with Crippen molar-refractivity contribution in [3.8, 4) is 0 Å². The molecule has 0 unspecified atom stereocenters. The molecule has 0 radical (unpaired) electrons. The molecule has 0 aromatic rings. The second-order valence-corrected chi connectivity index (χ2v) is 3.31. The van der Waals surface area contributed by atoms with E-state index in [1.54, 1.807) is 6.08 Å². The average Bonchev–Trinajstić information content (AvgIpc) is 2.05. The van der Waals surface area contributed by atoms with Gasteiger partial charge in [-0.1, -0.05) is 19.1 Å². The van der Waals surface area contributed by atoms with Gasteiger partial charge < -0.3 is 10.8 Å². The highest BCUT2D eigenvalue weighted by Crippen LogP contribution is 2.35. The van der Waals surface area contributed by atoms with Crippen LogP contribution in [0.15, 0.2) is 12.2 Å². The van der Waals surface area contributed by atoms with E-state index in [4.69, 9.17) is 10.8 Å². The summed E-state index contributed by atoms with van der Waals surface area (Å²) < 4.78 is 0. The maximum absolute atomic E-state index is 11.0. The van der Waals surface area contributed by atoms with Crippen LogP contribution in [-0.2, 0) is 4.79 Å². The molecule has 0 heterocycles. The molecule has 3 nitrogen and oxygen atoms in total. The number of aliphatic carboxylic acids is 1. The summed E-state index contributed by atoms with van der Waals surface area (Å²) >= 11 is 0. The number of carboxylic acids is 1. The van der Waals surface area contributed by atoms with E-state index < -0.39 is 11.4 Å². The molecule has 0 aliphatic heterocycles. The van der Waals surface area contributed by atoms with Gasteiger partial charge in [0.1, 0.15) is 0 Å². The number of hydrogen-bond donors (Lipinski definition) is 2. The van der Waals surface area contributed by atoms with E-state index >= 15 is 0 Å². The van der Waals surface area contributed by atoms with Gasteiger partial charge in [-0.2, -0.15) is 0 Å². The number of carboxylic acid groups (broad SMARTS) is 1. The first kappa shape index (κ1) is 9.26. The van der Waals surface area contributed by atoms with Crippen molar-refractivity contribution in [2.24, 2.45) is 11.1 Å². The van der Waals surface area contributed by atoms with Gasteiger partial charge in [-0.3, -0.25) is 4.79 Å². The van der Waals surface area contributed by atoms with Crippen molar-refractivity contribution in [2.45, 2.75) is 32.2 Å². The highest BCUT2D eigenvalue weighted by Gasteiger charge is 2.42. The Morgan fingerprint density at radius 1 is 1.83 bits per heavy atom. The predicted octanol–water partition coefficient (Wildman–Crippen LogP) is 1.14. The first-order valence-electron chi connectivity index (χ1n) is 4.29. The summed E-state index contributed by atoms with van der Waals surface area (Å²) in [7, 11) is 0. The van der Waals surface area contributed by atoms with Gasteiger partial charge in [0, 0.05) is 6.04 Å². The lowest BCUT2D eigenvalue weighted by Gasteiger charge is -2.34. The van der Waals surface area contributed by atoms with E-state index in [-0.39, 0.29) is 6.04 Å². The highest BCUT2D eigenvalue weighted by atomic mass is 16.4. The number of nitrogens with two attached hydrogens (primary N) is 1. The molecular formula is C9H15NO2. The molecule has 0 amide bonds. The molecule has 1 aliphatic rings. The summed E-state index contributed by atoms with van der Waals surface area (Å²) in [5.74, 6) is -0.762. The molecule has 0 spiro atoms. The van der Waals surface area contributed by atoms with Crippen molar-refractivity contribution >= 4 is 5.97 Å². The molecule has 1 aliphatic carbocycles. The third-order valence-corrected chi connectivity index (χ3v) is 2.80. The highest BCUT2D eigenvalue weighted by molar-refractivity contribution is 5.76. The second kappa shape index (κ2) is 3.27. The van der Waals surface area contributed by atoms with E-state index in [9.17, 15) is 4.79 Å². The summed E-state index contributed by atoms with van der Waals surface area (Å²) in [6, 6.07) is -0.325. The fourth-order valence-corrected chi connectivity index (χ4v) is 1.75. The van der Waals surface area contributed by atoms with Crippen LogP contribution < -0.4 is 5.73 Å². The van der Waals surface area contributed by atoms with Crippen LogP contribution in [0.5, 0.6) is 0 Å². The molecule has 0 aromatic heterocycles. The molecule has 2 atom stereocenters. The standard InChI is InChI=1S/C9H15NO2/c1-2-9(8(11)12)6-4-3-5-7(9)10/h3,5,7H,2,4,6,10H2,1H3,(H,11,12)/t7-,9+/m0/s1. The first-order chi connectivity index (χ1) is 5.63. The van der Waals surface area contributed by atoms with E-state index in [2.05, 4.69) is 0 Å². The third kappa shape index (κ3) is 1.25. The minimum absolute atomic E-state index is 0.325. The Bertz CT molecular complexity index is 213. The van der Waals surface area contributed by atoms with Crippen LogP contribution in [0.2, 0.25) is 0 Å². The lowest BCUT2D eigenvalue weighted by atomic mass is 9.72. The van der Waals surface area contributed by atoms with Crippen LogP contribution in [0.1, 0.15) is 26.2 Å². The minimum atomic E-state index is -0.762. The first-order valence-corrected chi connectivity index (χ1v) is 4.29. The van der Waals surface area contributed by atoms with Crippen LogP contribution in [0.4, 0.5) is 0 Å². The van der Waals surface area contributed by atoms with Crippen LogP contribution in [0.25, 0.3) is 0 Å². The van der Waals surface area contributed by atoms with Gasteiger partial charge in [-0.25, -0.2) is 0 Å². The molecule has 0 bridgehead atoms. The molecule has 0 fully saturated rings. The van der Waals surface area contributed by atoms with Crippen molar-refractivity contribution < 1.29 is 9.90 Å². The zero-order valence-corrected chi connectivity index (χ0v) is 7.29. The molecule has 3 heteroatoms. The van der Waals surface area contributed by atoms with E-state index in [1.807, 2.05) is 13.0 Å². The molecular weight excluding hydrogens is 154 g/mol. The quantitative estimate of drug-likeness (QED) is 0.609. The molecule has 68 valence electrons. The minimum Gasteiger partial charge on any atom is -0.481 e. The monoisotopic (exact) mass is 169 g/mol. The Hall–Kier alpha value is -0.830. The molecule has 0 aromatic carbocycles. The van der Waals surface area contributed by atoms with Crippen molar-refractivity contribution in [3.05, 3.63) is 12.2 Å². The van der Waals surface area contributed by atoms with E-state index in [0.29, 0.717) is 12.8 Å². The van der Waals surface area contributed by atoms with E-state index in [0.717, 1.165) is 6.42 Å². The lowest BCUT2D eigenvalue weighted by molar-refractivity contribution is -0.150. The van der Waals surface area contributed by atoms with Crippen molar-refractivity contribution in [1.82, 2.24) is 0 Å². The lowest BCUT2D eigenvalue weighted by Crippen LogP contribution is -2.47. The fourth-order valence-electron chi connectivity index (χ4n) is 1.75. The summed E-state index contributed by atoms with van der Waals surface area (Å²) in [6.45, 7) is 1.88. The van der Waals surface area contributed by atoms with Crippen molar-refractivity contribution in [3.63, 3.8) is 0 Å². The zero-order chi connectivity index (χ0) is 9.19. The van der Waals surface area contributed by atoms with Crippen LogP contribution in [0.3, 0.4) is 0 Å². The maximum Gasteiger partial charge on any atom is 0.311 e.